The molecule has 182 valence electrons. The molecular weight excluding hydrogens is 428 g/mol. The third kappa shape index (κ3) is 5.76. The van der Waals surface area contributed by atoms with Crippen molar-refractivity contribution in [1.82, 2.24) is 20.5 Å². The fourth-order valence-electron chi connectivity index (χ4n) is 5.06. The SMILES string of the molecule is CN[C@@H](C)C(=O)N[C@H](C(=O)N1CCC[C@H]1c1cccc(Oc2ccccc2)n1)C1CCCCC1. The molecule has 2 aromatic rings. The Hall–Kier alpha value is -2.93. The van der Waals surface area contributed by atoms with Crippen molar-refractivity contribution in [2.75, 3.05) is 13.6 Å². The number of benzene rings is 1. The molecular formula is C27H36N4O3. The van der Waals surface area contributed by atoms with E-state index in [1.807, 2.05) is 60.4 Å². The number of hydrogen-bond donors (Lipinski definition) is 2. The molecule has 3 atom stereocenters. The van der Waals surface area contributed by atoms with Gasteiger partial charge >= 0.3 is 0 Å². The Balaban J connectivity index is 1.53. The van der Waals surface area contributed by atoms with Crippen molar-refractivity contribution in [2.45, 2.75) is 70.0 Å². The first kappa shape index (κ1) is 24.2. The maximum atomic E-state index is 13.9. The fourth-order valence-corrected chi connectivity index (χ4v) is 5.06. The Kier molecular flexibility index (Phi) is 8.16. The highest BCUT2D eigenvalue weighted by Crippen LogP contribution is 2.35. The zero-order valence-electron chi connectivity index (χ0n) is 20.2. The number of carbonyl (C=O) groups excluding carboxylic acids is 2. The number of rotatable bonds is 8. The van der Waals surface area contributed by atoms with Crippen LogP contribution in [0.2, 0.25) is 0 Å². The second-order valence-electron chi connectivity index (χ2n) is 9.40. The molecule has 1 aromatic heterocycles. The number of ether oxygens (including phenoxy) is 1. The summed E-state index contributed by atoms with van der Waals surface area (Å²) in [5, 5.41) is 6.07. The minimum atomic E-state index is -0.493. The third-order valence-corrected chi connectivity index (χ3v) is 7.10. The minimum absolute atomic E-state index is 0.0160. The van der Waals surface area contributed by atoms with E-state index in [4.69, 9.17) is 9.72 Å². The lowest BCUT2D eigenvalue weighted by Gasteiger charge is -2.35. The molecule has 0 spiro atoms. The van der Waals surface area contributed by atoms with Gasteiger partial charge in [0.1, 0.15) is 11.8 Å². The van der Waals surface area contributed by atoms with Gasteiger partial charge in [0, 0.05) is 12.6 Å². The summed E-state index contributed by atoms with van der Waals surface area (Å²) in [7, 11) is 1.76. The van der Waals surface area contributed by atoms with Gasteiger partial charge in [-0.05, 0) is 63.8 Å². The predicted molar refractivity (Wildman–Crippen MR) is 131 cm³/mol. The van der Waals surface area contributed by atoms with Crippen LogP contribution in [0.5, 0.6) is 11.6 Å². The molecule has 2 amide bonds. The number of pyridine rings is 1. The summed E-state index contributed by atoms with van der Waals surface area (Å²) in [5.74, 6) is 1.31. The van der Waals surface area contributed by atoms with E-state index < -0.39 is 6.04 Å². The topological polar surface area (TPSA) is 83.6 Å². The summed E-state index contributed by atoms with van der Waals surface area (Å²) in [6, 6.07) is 14.3. The van der Waals surface area contributed by atoms with Crippen LogP contribution in [0.1, 0.15) is 63.6 Å². The Bertz CT molecular complexity index is 961. The zero-order valence-corrected chi connectivity index (χ0v) is 20.2. The van der Waals surface area contributed by atoms with Crippen molar-refractivity contribution in [3.63, 3.8) is 0 Å². The molecule has 0 unspecified atom stereocenters. The van der Waals surface area contributed by atoms with Gasteiger partial charge in [-0.1, -0.05) is 43.5 Å². The van der Waals surface area contributed by atoms with Crippen molar-refractivity contribution >= 4 is 11.8 Å². The van der Waals surface area contributed by atoms with Crippen molar-refractivity contribution in [3.05, 3.63) is 54.2 Å². The first-order valence-electron chi connectivity index (χ1n) is 12.5. The average molecular weight is 465 g/mol. The van der Waals surface area contributed by atoms with Gasteiger partial charge < -0.3 is 20.3 Å². The van der Waals surface area contributed by atoms with Crippen LogP contribution < -0.4 is 15.4 Å². The first-order chi connectivity index (χ1) is 16.6. The van der Waals surface area contributed by atoms with Crippen LogP contribution in [0.4, 0.5) is 0 Å². The van der Waals surface area contributed by atoms with Crippen LogP contribution in [0, 0.1) is 5.92 Å². The summed E-state index contributed by atoms with van der Waals surface area (Å²) in [5.41, 5.74) is 0.830. The van der Waals surface area contributed by atoms with Gasteiger partial charge in [0.2, 0.25) is 17.7 Å². The molecule has 2 aliphatic rings. The standard InChI is InChI=1S/C27H36N4O3/c1-19(28-2)26(32)30-25(20-11-5-3-6-12-20)27(33)31-18-10-16-23(31)22-15-9-17-24(29-22)34-21-13-7-4-8-14-21/h4,7-9,13-15,17,19-20,23,25,28H,3,5-6,10-12,16,18H2,1-2H3,(H,30,32)/t19-,23-,25-/m0/s1. The molecule has 1 saturated heterocycles. The molecule has 2 fully saturated rings. The Labute approximate surface area is 202 Å². The Morgan fingerprint density at radius 1 is 1.00 bits per heavy atom. The van der Waals surface area contributed by atoms with Crippen molar-refractivity contribution < 1.29 is 14.3 Å². The highest BCUT2D eigenvalue weighted by molar-refractivity contribution is 5.90. The molecule has 0 radical (unpaired) electrons. The van der Waals surface area contributed by atoms with E-state index in [2.05, 4.69) is 10.6 Å². The van der Waals surface area contributed by atoms with Crippen LogP contribution >= 0.6 is 0 Å². The summed E-state index contributed by atoms with van der Waals surface area (Å²) < 4.78 is 5.93. The lowest BCUT2D eigenvalue weighted by atomic mass is 9.83. The van der Waals surface area contributed by atoms with Crippen LogP contribution in [0.25, 0.3) is 0 Å². The number of aromatic nitrogens is 1. The molecule has 7 heteroatoms. The smallest absolute Gasteiger partial charge is 0.246 e. The summed E-state index contributed by atoms with van der Waals surface area (Å²) >= 11 is 0. The van der Waals surface area contributed by atoms with Gasteiger partial charge in [-0.2, -0.15) is 0 Å². The lowest BCUT2D eigenvalue weighted by Crippen LogP contribution is -2.55. The Morgan fingerprint density at radius 3 is 2.50 bits per heavy atom. The van der Waals surface area contributed by atoms with Crippen LogP contribution in [-0.4, -0.2) is 47.4 Å². The number of hydrogen-bond acceptors (Lipinski definition) is 5. The van der Waals surface area contributed by atoms with Gasteiger partial charge in [-0.25, -0.2) is 4.98 Å². The number of nitrogens with zero attached hydrogens (tertiary/aromatic N) is 2. The fraction of sp³-hybridized carbons (Fsp3) is 0.519. The van der Waals surface area contributed by atoms with Gasteiger partial charge in [-0.15, -0.1) is 0 Å². The van der Waals surface area contributed by atoms with Gasteiger partial charge in [0.15, 0.2) is 0 Å². The summed E-state index contributed by atoms with van der Waals surface area (Å²) in [4.78, 5) is 33.3. The number of para-hydroxylation sites is 1. The lowest BCUT2D eigenvalue weighted by molar-refractivity contribution is -0.139. The molecule has 0 bridgehead atoms. The van der Waals surface area contributed by atoms with Crippen LogP contribution in [0.15, 0.2) is 48.5 Å². The van der Waals surface area contributed by atoms with Crippen LogP contribution in [-0.2, 0) is 9.59 Å². The van der Waals surface area contributed by atoms with E-state index in [9.17, 15) is 9.59 Å². The monoisotopic (exact) mass is 464 g/mol. The van der Waals surface area contributed by atoms with E-state index in [-0.39, 0.29) is 29.8 Å². The molecule has 1 saturated carbocycles. The molecule has 1 aliphatic heterocycles. The van der Waals surface area contributed by atoms with E-state index >= 15 is 0 Å². The quantitative estimate of drug-likeness (QED) is 0.611. The van der Waals surface area contributed by atoms with Crippen molar-refractivity contribution in [2.24, 2.45) is 5.92 Å². The largest absolute Gasteiger partial charge is 0.439 e. The number of likely N-dealkylation sites (tertiary alicyclic amines) is 1. The van der Waals surface area contributed by atoms with E-state index in [1.165, 1.54) is 6.42 Å². The minimum Gasteiger partial charge on any atom is -0.439 e. The molecule has 1 aliphatic carbocycles. The summed E-state index contributed by atoms with van der Waals surface area (Å²) in [6.07, 6.45) is 7.13. The first-order valence-corrected chi connectivity index (χ1v) is 12.5. The number of carbonyl (C=O) groups is 2. The van der Waals surface area contributed by atoms with E-state index in [0.717, 1.165) is 50.0 Å². The molecule has 4 rings (SSSR count). The molecule has 2 heterocycles. The van der Waals surface area contributed by atoms with Crippen molar-refractivity contribution in [1.29, 1.82) is 0 Å². The maximum absolute atomic E-state index is 13.9. The molecule has 34 heavy (non-hydrogen) atoms. The number of amides is 2. The molecule has 1 aromatic carbocycles. The predicted octanol–water partition coefficient (Wildman–Crippen LogP) is 4.21. The van der Waals surface area contributed by atoms with Crippen molar-refractivity contribution in [3.8, 4) is 11.6 Å². The second kappa shape index (κ2) is 11.5. The normalized spacial score (nSPS) is 20.5. The van der Waals surface area contributed by atoms with Gasteiger partial charge in [0.25, 0.3) is 0 Å². The second-order valence-corrected chi connectivity index (χ2v) is 9.40. The number of likely N-dealkylation sites (N-methyl/N-ethyl adjacent to an activating group) is 1. The highest BCUT2D eigenvalue weighted by Gasteiger charge is 2.39. The average Bonchev–Trinajstić information content (AvgIpc) is 3.38. The van der Waals surface area contributed by atoms with Gasteiger partial charge in [0.05, 0.1) is 17.8 Å². The highest BCUT2D eigenvalue weighted by atomic mass is 16.5. The van der Waals surface area contributed by atoms with E-state index in [0.29, 0.717) is 12.4 Å². The molecule has 2 N–H and O–H groups in total. The van der Waals surface area contributed by atoms with Crippen LogP contribution in [0.3, 0.4) is 0 Å². The Morgan fingerprint density at radius 2 is 1.76 bits per heavy atom. The molecule has 7 nitrogen and oxygen atoms in total. The van der Waals surface area contributed by atoms with Gasteiger partial charge in [-0.3, -0.25) is 9.59 Å². The maximum Gasteiger partial charge on any atom is 0.246 e. The number of nitrogens with one attached hydrogen (secondary N) is 2. The summed E-state index contributed by atoms with van der Waals surface area (Å²) in [6.45, 7) is 2.49. The van der Waals surface area contributed by atoms with E-state index in [1.54, 1.807) is 7.05 Å². The zero-order chi connectivity index (χ0) is 23.9. The third-order valence-electron chi connectivity index (χ3n) is 7.10.